The van der Waals surface area contributed by atoms with Gasteiger partial charge in [0, 0.05) is 41.8 Å². The van der Waals surface area contributed by atoms with E-state index in [4.69, 9.17) is 5.11 Å². The molecule has 3 aromatic rings. The Kier molecular flexibility index (Phi) is 4.94. The number of imidazole rings is 1. The number of carbonyl (C=O) groups is 2. The van der Waals surface area contributed by atoms with E-state index in [-0.39, 0.29) is 23.7 Å². The van der Waals surface area contributed by atoms with Crippen molar-refractivity contribution in [3.05, 3.63) is 54.1 Å². The quantitative estimate of drug-likeness (QED) is 0.748. The Morgan fingerprint density at radius 2 is 1.74 bits per heavy atom. The van der Waals surface area contributed by atoms with Crippen molar-refractivity contribution in [3.63, 3.8) is 0 Å². The Hall–Kier alpha value is -3.22. The zero-order chi connectivity index (χ0) is 19.7. The Morgan fingerprint density at radius 3 is 2.37 bits per heavy atom. The van der Waals surface area contributed by atoms with Crippen LogP contribution in [0.5, 0.6) is 0 Å². The highest BCUT2D eigenvalue weighted by molar-refractivity contribution is 6.01. The largest absolute Gasteiger partial charge is 0.476 e. The zero-order valence-electron chi connectivity index (χ0n) is 15.7. The maximum absolute atomic E-state index is 13.2. The van der Waals surface area contributed by atoms with Gasteiger partial charge in [-0.2, -0.15) is 0 Å². The lowest BCUT2D eigenvalue weighted by Gasteiger charge is -2.31. The van der Waals surface area contributed by atoms with Crippen LogP contribution in [0.15, 0.2) is 42.9 Å². The summed E-state index contributed by atoms with van der Waals surface area (Å²) in [7, 11) is 0. The standard InChI is InChI=1S/C20H22N4O3/c1-12(2)24(13(3)4)18(25)16-8-6-5-7-15(16)14-9-21-20-22-17(19(26)27)11-23(20)10-14/h5-13H,1-4H3,(H,26,27). The molecule has 0 fully saturated rings. The van der Waals surface area contributed by atoms with Gasteiger partial charge in [-0.1, -0.05) is 18.2 Å². The Balaban J connectivity index is 2.09. The first-order valence-electron chi connectivity index (χ1n) is 8.79. The second-order valence-corrected chi connectivity index (χ2v) is 6.93. The highest BCUT2D eigenvalue weighted by Crippen LogP contribution is 2.26. The first-order chi connectivity index (χ1) is 12.8. The van der Waals surface area contributed by atoms with Crippen LogP contribution in [0.3, 0.4) is 0 Å². The van der Waals surface area contributed by atoms with Gasteiger partial charge in [-0.05, 0) is 39.3 Å². The summed E-state index contributed by atoms with van der Waals surface area (Å²) in [6.07, 6.45) is 4.76. The predicted octanol–water partition coefficient (Wildman–Crippen LogP) is 3.35. The predicted molar refractivity (Wildman–Crippen MR) is 102 cm³/mol. The maximum Gasteiger partial charge on any atom is 0.356 e. The molecule has 0 aliphatic heterocycles. The van der Waals surface area contributed by atoms with Crippen molar-refractivity contribution in [1.29, 1.82) is 0 Å². The molecule has 0 spiro atoms. The van der Waals surface area contributed by atoms with Gasteiger partial charge in [0.1, 0.15) is 0 Å². The van der Waals surface area contributed by atoms with Crippen LogP contribution in [0, 0.1) is 0 Å². The van der Waals surface area contributed by atoms with E-state index in [0.717, 1.165) is 5.56 Å². The third-order valence-electron chi connectivity index (χ3n) is 4.34. The van der Waals surface area contributed by atoms with Crippen LogP contribution in [0.4, 0.5) is 0 Å². The van der Waals surface area contributed by atoms with Crippen molar-refractivity contribution in [2.75, 3.05) is 0 Å². The number of hydrogen-bond acceptors (Lipinski definition) is 4. The average Bonchev–Trinajstić information content (AvgIpc) is 3.04. The molecule has 140 valence electrons. The van der Waals surface area contributed by atoms with Gasteiger partial charge < -0.3 is 10.0 Å². The third-order valence-corrected chi connectivity index (χ3v) is 4.34. The second-order valence-electron chi connectivity index (χ2n) is 6.93. The molecule has 3 rings (SSSR count). The van der Waals surface area contributed by atoms with E-state index >= 15 is 0 Å². The molecule has 1 N–H and O–H groups in total. The number of hydrogen-bond donors (Lipinski definition) is 1. The molecule has 0 aliphatic carbocycles. The van der Waals surface area contributed by atoms with Crippen LogP contribution in [0.1, 0.15) is 48.5 Å². The molecule has 7 nitrogen and oxygen atoms in total. The zero-order valence-corrected chi connectivity index (χ0v) is 15.7. The van der Waals surface area contributed by atoms with Crippen molar-refractivity contribution < 1.29 is 14.7 Å². The number of benzene rings is 1. The Morgan fingerprint density at radius 1 is 1.07 bits per heavy atom. The molecular formula is C20H22N4O3. The van der Waals surface area contributed by atoms with E-state index in [0.29, 0.717) is 16.9 Å². The molecule has 0 saturated heterocycles. The summed E-state index contributed by atoms with van der Waals surface area (Å²) in [6, 6.07) is 7.50. The van der Waals surface area contributed by atoms with Crippen LogP contribution < -0.4 is 0 Å². The SMILES string of the molecule is CC(C)N(C(=O)c1ccccc1-c1cnc2nc(C(=O)O)cn2c1)C(C)C. The lowest BCUT2D eigenvalue weighted by Crippen LogP contribution is -2.42. The smallest absolute Gasteiger partial charge is 0.356 e. The highest BCUT2D eigenvalue weighted by atomic mass is 16.4. The van der Waals surface area contributed by atoms with Gasteiger partial charge in [0.2, 0.25) is 5.78 Å². The molecule has 0 bridgehead atoms. The number of carboxylic acids is 1. The molecule has 1 amide bonds. The van der Waals surface area contributed by atoms with Crippen LogP contribution in [0.2, 0.25) is 0 Å². The molecule has 0 atom stereocenters. The Labute approximate surface area is 157 Å². The molecular weight excluding hydrogens is 344 g/mol. The van der Waals surface area contributed by atoms with Gasteiger partial charge in [-0.25, -0.2) is 14.8 Å². The van der Waals surface area contributed by atoms with Crippen LogP contribution >= 0.6 is 0 Å². The first-order valence-corrected chi connectivity index (χ1v) is 8.79. The fraction of sp³-hybridized carbons (Fsp3) is 0.300. The summed E-state index contributed by atoms with van der Waals surface area (Å²) >= 11 is 0. The second kappa shape index (κ2) is 7.19. The van der Waals surface area contributed by atoms with E-state index in [1.807, 2.05) is 50.8 Å². The number of fused-ring (bicyclic) bond motifs is 1. The monoisotopic (exact) mass is 366 g/mol. The molecule has 7 heteroatoms. The third kappa shape index (κ3) is 3.53. The Bertz CT molecular complexity index is 999. The number of aromatic nitrogens is 3. The van der Waals surface area contributed by atoms with Crippen molar-refractivity contribution in [2.24, 2.45) is 0 Å². The summed E-state index contributed by atoms with van der Waals surface area (Å²) in [4.78, 5) is 34.3. The summed E-state index contributed by atoms with van der Waals surface area (Å²) < 4.78 is 1.56. The van der Waals surface area contributed by atoms with Gasteiger partial charge >= 0.3 is 5.97 Å². The summed E-state index contributed by atoms with van der Waals surface area (Å²) in [5, 5.41) is 9.10. The van der Waals surface area contributed by atoms with Crippen LogP contribution in [0.25, 0.3) is 16.9 Å². The van der Waals surface area contributed by atoms with Crippen LogP contribution in [-0.4, -0.2) is 48.3 Å². The van der Waals surface area contributed by atoms with Gasteiger partial charge in [-0.3, -0.25) is 9.20 Å². The first kappa shape index (κ1) is 18.6. The minimum Gasteiger partial charge on any atom is -0.476 e. The molecule has 2 heterocycles. The normalized spacial score (nSPS) is 11.3. The number of aromatic carboxylic acids is 1. The number of nitrogens with zero attached hydrogens (tertiary/aromatic N) is 4. The lowest BCUT2D eigenvalue weighted by atomic mass is 10.00. The number of rotatable bonds is 5. The van der Waals surface area contributed by atoms with Gasteiger partial charge in [0.25, 0.3) is 5.91 Å². The molecule has 0 unspecified atom stereocenters. The molecule has 0 radical (unpaired) electrons. The van der Waals surface area contributed by atoms with Crippen LogP contribution in [-0.2, 0) is 0 Å². The molecule has 0 saturated carbocycles. The molecule has 1 aromatic carbocycles. The van der Waals surface area contributed by atoms with Crippen molar-refractivity contribution in [2.45, 2.75) is 39.8 Å². The maximum atomic E-state index is 13.2. The van der Waals surface area contributed by atoms with Gasteiger partial charge in [0.05, 0.1) is 0 Å². The topological polar surface area (TPSA) is 87.8 Å². The van der Waals surface area contributed by atoms with E-state index in [9.17, 15) is 9.59 Å². The fourth-order valence-electron chi connectivity index (χ4n) is 3.25. The van der Waals surface area contributed by atoms with Gasteiger partial charge in [0.15, 0.2) is 5.69 Å². The number of amides is 1. The van der Waals surface area contributed by atoms with Gasteiger partial charge in [-0.15, -0.1) is 0 Å². The molecule has 0 aliphatic rings. The molecule has 2 aromatic heterocycles. The van der Waals surface area contributed by atoms with Crippen molar-refractivity contribution >= 4 is 17.7 Å². The number of carbonyl (C=O) groups excluding carboxylic acids is 1. The van der Waals surface area contributed by atoms with Crippen molar-refractivity contribution in [1.82, 2.24) is 19.3 Å². The van der Waals surface area contributed by atoms with E-state index < -0.39 is 5.97 Å². The highest BCUT2D eigenvalue weighted by Gasteiger charge is 2.24. The summed E-state index contributed by atoms with van der Waals surface area (Å²) in [6.45, 7) is 7.97. The summed E-state index contributed by atoms with van der Waals surface area (Å²) in [5.74, 6) is -0.861. The van der Waals surface area contributed by atoms with Crippen molar-refractivity contribution in [3.8, 4) is 11.1 Å². The molecule has 27 heavy (non-hydrogen) atoms. The fourth-order valence-corrected chi connectivity index (χ4v) is 3.25. The van der Waals surface area contributed by atoms with E-state index in [1.165, 1.54) is 6.20 Å². The number of carboxylic acid groups (broad SMARTS) is 1. The summed E-state index contributed by atoms with van der Waals surface area (Å²) in [5.41, 5.74) is 1.97. The minimum absolute atomic E-state index is 0.0486. The van der Waals surface area contributed by atoms with E-state index in [2.05, 4.69) is 9.97 Å². The minimum atomic E-state index is -1.11. The average molecular weight is 366 g/mol. The van der Waals surface area contributed by atoms with E-state index in [1.54, 1.807) is 22.9 Å². The lowest BCUT2D eigenvalue weighted by molar-refractivity contribution is 0.0642.